The number of alkyl halides is 6. The van der Waals surface area contributed by atoms with Crippen LogP contribution in [0.25, 0.3) is 0 Å². The maximum atomic E-state index is 11.3. The molecule has 0 rings (SSSR count). The van der Waals surface area contributed by atoms with Gasteiger partial charge in [-0.15, -0.1) is 8.07 Å². The summed E-state index contributed by atoms with van der Waals surface area (Å²) in [6, 6.07) is 0. The van der Waals surface area contributed by atoms with Crippen molar-refractivity contribution in [3.63, 3.8) is 0 Å². The quantitative estimate of drug-likeness (QED) is 0.330. The maximum Gasteiger partial charge on any atom is 1.00 e. The molecule has 0 aromatic rings. The van der Waals surface area contributed by atoms with E-state index in [2.05, 4.69) is 31.9 Å². The number of hydrogen-bond acceptors (Lipinski definition) is 2. The van der Waals surface area contributed by atoms with E-state index in [0.29, 0.717) is 0 Å². The molecule has 10 heteroatoms. The first-order valence-electron chi connectivity index (χ1n) is 4.85. The molecule has 0 aliphatic carbocycles. The van der Waals surface area contributed by atoms with Crippen molar-refractivity contribution in [3.05, 3.63) is 12.3 Å². The van der Waals surface area contributed by atoms with Gasteiger partial charge in [0.05, 0.1) is 6.42 Å². The zero-order valence-electron chi connectivity index (χ0n) is 10.8. The molecule has 0 amide bonds. The van der Waals surface area contributed by atoms with E-state index in [-0.39, 0.29) is 17.1 Å². The Bertz CT molecular complexity index is 319. The molecule has 0 saturated carbocycles. The van der Waals surface area contributed by atoms with Gasteiger partial charge in [0.25, 0.3) is 0 Å². The first kappa shape index (κ1) is 24.4. The molecule has 0 atom stereocenters. The molecule has 0 aromatic heterocycles. The first-order valence-corrected chi connectivity index (χ1v) is 8.35. The fourth-order valence-electron chi connectivity index (χ4n) is 0.346. The third-order valence-corrected chi connectivity index (χ3v) is 2.54. The molecule has 0 fully saturated rings. The second kappa shape index (κ2) is 8.63. The summed E-state index contributed by atoms with van der Waals surface area (Å²) in [5.74, 6) is -5.40. The summed E-state index contributed by atoms with van der Waals surface area (Å²) in [5, 5.41) is 0. The zero-order chi connectivity index (χ0) is 16.1. The van der Waals surface area contributed by atoms with Gasteiger partial charge in [0.2, 0.25) is 11.6 Å². The van der Waals surface area contributed by atoms with Crippen LogP contribution < -0.4 is 0 Å². The van der Waals surface area contributed by atoms with Gasteiger partial charge in [-0.25, -0.2) is 0 Å². The van der Waals surface area contributed by atoms with Gasteiger partial charge in [-0.05, 0) is 0 Å². The van der Waals surface area contributed by atoms with Crippen LogP contribution in [0.2, 0.25) is 19.6 Å². The molecule has 0 unspecified atom stereocenters. The van der Waals surface area contributed by atoms with Crippen LogP contribution in [0, 0.1) is 5.70 Å². The molecule has 2 nitrogen and oxygen atoms in total. The molecule has 0 radical (unpaired) electrons. The summed E-state index contributed by atoms with van der Waals surface area (Å²) in [5.41, 5.74) is 2.99. The summed E-state index contributed by atoms with van der Waals surface area (Å²) in [4.78, 5) is 19.8. The molecule has 20 heavy (non-hydrogen) atoms. The topological polar surface area (TPSA) is 34.1 Å². The van der Waals surface area contributed by atoms with E-state index < -0.39 is 38.4 Å². The third-order valence-electron chi connectivity index (χ3n) is 1.48. The Morgan fingerprint density at radius 3 is 1.25 bits per heavy atom. The summed E-state index contributed by atoms with van der Waals surface area (Å²) in [7, 11) is -0.992. The number of hydrogen-bond donors (Lipinski definition) is 0. The molecule has 0 heterocycles. The van der Waals surface area contributed by atoms with Crippen LogP contribution in [0.3, 0.4) is 0 Å². The molecule has 0 aliphatic heterocycles. The minimum atomic E-state index is -5.40. The largest absolute Gasteiger partial charge is 1.00 e. The molecule has 0 aromatic carbocycles. The normalized spacial score (nSPS) is 11.7. The number of carbonyl (C=O) groups excluding carboxylic acids is 2. The van der Waals surface area contributed by atoms with Crippen LogP contribution in [-0.4, -0.2) is 32.0 Å². The monoisotopic (exact) mass is 370 g/mol. The summed E-state index contributed by atoms with van der Waals surface area (Å²) in [6.45, 7) is 10.2. The van der Waals surface area contributed by atoms with Crippen LogP contribution >= 0.6 is 0 Å². The van der Waals surface area contributed by atoms with E-state index in [1.807, 2.05) is 0 Å². The number of Topliss-reactive ketones (excluding diaryl/α,β-unsaturated/α-hetero) is 2. The first-order chi connectivity index (χ1) is 8.11. The molecule has 0 spiro atoms. The SMILES string of the molecule is C=[C-][Si](C)(C)C.O=C(CC(=O)C(F)(F)F)C(F)(F)F.[Cu+]. The average Bonchev–Trinajstić information content (AvgIpc) is 2.14. The van der Waals surface area contributed by atoms with E-state index in [1.165, 1.54) is 0 Å². The molecule has 0 bridgehead atoms. The van der Waals surface area contributed by atoms with Crippen LogP contribution in [0.1, 0.15) is 6.42 Å². The number of carbonyl (C=O) groups is 2. The van der Waals surface area contributed by atoms with Crippen molar-refractivity contribution in [2.45, 2.75) is 38.4 Å². The summed E-state index contributed by atoms with van der Waals surface area (Å²) >= 11 is 0. The molecule has 0 aliphatic rings. The minimum absolute atomic E-state index is 0. The summed E-state index contributed by atoms with van der Waals surface area (Å²) in [6.07, 6.45) is -13.0. The van der Waals surface area contributed by atoms with Crippen molar-refractivity contribution in [2.75, 3.05) is 0 Å². The third kappa shape index (κ3) is 13.8. The van der Waals surface area contributed by atoms with Gasteiger partial charge in [0.1, 0.15) is 0 Å². The fraction of sp³-hybridized carbons (Fsp3) is 0.600. The van der Waals surface area contributed by atoms with Gasteiger partial charge in [0.15, 0.2) is 0 Å². The molecular weight excluding hydrogens is 358 g/mol. The van der Waals surface area contributed by atoms with Crippen molar-refractivity contribution in [2.24, 2.45) is 0 Å². The zero-order valence-corrected chi connectivity index (χ0v) is 12.7. The Morgan fingerprint density at radius 1 is 0.950 bits per heavy atom. The number of rotatable bonds is 3. The molecule has 122 valence electrons. The van der Waals surface area contributed by atoms with Crippen molar-refractivity contribution in [3.8, 4) is 0 Å². The Kier molecular flexibility index (Phi) is 10.5. The second-order valence-electron chi connectivity index (χ2n) is 4.45. The van der Waals surface area contributed by atoms with E-state index in [0.717, 1.165) is 0 Å². The van der Waals surface area contributed by atoms with Crippen LogP contribution in [0.15, 0.2) is 6.58 Å². The van der Waals surface area contributed by atoms with Crippen LogP contribution in [0.4, 0.5) is 26.3 Å². The minimum Gasteiger partial charge on any atom is -0.505 e. The van der Waals surface area contributed by atoms with E-state index in [9.17, 15) is 35.9 Å². The van der Waals surface area contributed by atoms with Crippen LogP contribution in [-0.2, 0) is 26.7 Å². The fourth-order valence-corrected chi connectivity index (χ4v) is 0.346. The molecule has 0 N–H and O–H groups in total. The predicted octanol–water partition coefficient (Wildman–Crippen LogP) is 3.49. The van der Waals surface area contributed by atoms with Crippen molar-refractivity contribution >= 4 is 19.6 Å². The van der Waals surface area contributed by atoms with E-state index >= 15 is 0 Å². The Morgan fingerprint density at radius 2 is 1.15 bits per heavy atom. The van der Waals surface area contributed by atoms with Gasteiger partial charge in [-0.2, -0.15) is 26.3 Å². The van der Waals surface area contributed by atoms with E-state index in [1.54, 1.807) is 0 Å². The van der Waals surface area contributed by atoms with Crippen LogP contribution in [0.5, 0.6) is 0 Å². The van der Waals surface area contributed by atoms with Crippen molar-refractivity contribution in [1.29, 1.82) is 0 Å². The standard InChI is InChI=1S/C5H2F6O2.C5H11Si.Cu/c6-4(7,8)2(12)1-3(13)5(9,10)11;1-5-6(2,3)4;/h1H2;1H2,2-4H3;/q;-1;+1. The Balaban J connectivity index is -0.000000352. The van der Waals surface area contributed by atoms with Gasteiger partial charge in [-0.1, -0.05) is 19.6 Å². The smallest absolute Gasteiger partial charge is 0.505 e. The number of halogens is 6. The average molecular weight is 371 g/mol. The van der Waals surface area contributed by atoms with Gasteiger partial charge >= 0.3 is 29.4 Å². The van der Waals surface area contributed by atoms with Gasteiger partial charge in [0, 0.05) is 0 Å². The maximum absolute atomic E-state index is 11.3. The van der Waals surface area contributed by atoms with Gasteiger partial charge in [-0.3, -0.25) is 16.2 Å². The van der Waals surface area contributed by atoms with Gasteiger partial charge < -0.3 is 5.70 Å². The van der Waals surface area contributed by atoms with E-state index in [4.69, 9.17) is 0 Å². The second-order valence-corrected chi connectivity index (χ2v) is 9.30. The predicted molar refractivity (Wildman–Crippen MR) is 59.0 cm³/mol. The van der Waals surface area contributed by atoms with Crippen molar-refractivity contribution in [1.82, 2.24) is 0 Å². The Labute approximate surface area is 124 Å². The Hall–Kier alpha value is -0.604. The number of ketones is 2. The summed E-state index contributed by atoms with van der Waals surface area (Å²) < 4.78 is 68.0. The van der Waals surface area contributed by atoms with Crippen molar-refractivity contribution < 1.29 is 53.0 Å². The molecule has 0 saturated heterocycles. The molecular formula is C10H13CuF6O2Si.